The van der Waals surface area contributed by atoms with Crippen molar-refractivity contribution in [2.24, 2.45) is 4.99 Å². The van der Waals surface area contributed by atoms with E-state index in [1.165, 1.54) is 5.56 Å². The summed E-state index contributed by atoms with van der Waals surface area (Å²) in [5.41, 5.74) is 1.21. The minimum Gasteiger partial charge on any atom is -0.497 e. The van der Waals surface area contributed by atoms with Crippen LogP contribution in [0.4, 0.5) is 0 Å². The van der Waals surface area contributed by atoms with Gasteiger partial charge in [-0.25, -0.2) is 0 Å². The van der Waals surface area contributed by atoms with Crippen LogP contribution in [0.25, 0.3) is 0 Å². The van der Waals surface area contributed by atoms with Crippen LogP contribution in [0, 0.1) is 0 Å². The van der Waals surface area contributed by atoms with Crippen molar-refractivity contribution in [2.45, 2.75) is 25.9 Å². The Balaban J connectivity index is 0.00000392. The third-order valence-electron chi connectivity index (χ3n) is 4.98. The number of likely N-dealkylation sites (tertiary alicyclic amines) is 1. The van der Waals surface area contributed by atoms with Crippen LogP contribution >= 0.6 is 24.0 Å². The van der Waals surface area contributed by atoms with Gasteiger partial charge in [0.1, 0.15) is 11.5 Å². The van der Waals surface area contributed by atoms with Crippen LogP contribution in [0.5, 0.6) is 11.5 Å². The molecule has 0 bridgehead atoms. The maximum atomic E-state index is 5.37. The summed E-state index contributed by atoms with van der Waals surface area (Å²) in [5.74, 6) is 2.55. The molecule has 7 nitrogen and oxygen atoms in total. The van der Waals surface area contributed by atoms with E-state index in [0.29, 0.717) is 6.04 Å². The third-order valence-corrected chi connectivity index (χ3v) is 4.98. The van der Waals surface area contributed by atoms with Crippen LogP contribution in [-0.4, -0.2) is 82.8 Å². The van der Waals surface area contributed by atoms with Gasteiger partial charge in [0.05, 0.1) is 14.2 Å². The molecular formula is C20H36IN5O2. The molecule has 1 aliphatic rings. The number of aliphatic imine (C=N–C) groups is 1. The van der Waals surface area contributed by atoms with Gasteiger partial charge >= 0.3 is 0 Å². The number of halogens is 1. The van der Waals surface area contributed by atoms with Crippen LogP contribution in [0.15, 0.2) is 23.2 Å². The molecule has 1 saturated heterocycles. The molecule has 1 atom stereocenters. The van der Waals surface area contributed by atoms with E-state index in [9.17, 15) is 0 Å². The second-order valence-corrected chi connectivity index (χ2v) is 6.98. The second-order valence-electron chi connectivity index (χ2n) is 6.98. The van der Waals surface area contributed by atoms with Gasteiger partial charge in [0.15, 0.2) is 5.96 Å². The average Bonchev–Trinajstić information content (AvgIpc) is 3.13. The largest absolute Gasteiger partial charge is 0.497 e. The molecule has 2 N–H and O–H groups in total. The smallest absolute Gasteiger partial charge is 0.191 e. The lowest BCUT2D eigenvalue weighted by Crippen LogP contribution is -2.46. The Morgan fingerprint density at radius 2 is 1.93 bits per heavy atom. The first-order valence-electron chi connectivity index (χ1n) is 9.68. The van der Waals surface area contributed by atoms with Gasteiger partial charge in [0.25, 0.3) is 0 Å². The first kappa shape index (κ1) is 24.8. The summed E-state index contributed by atoms with van der Waals surface area (Å²) in [6.07, 6.45) is 1.11. The standard InChI is InChI=1S/C20H35N5O2.HI/c1-6-24(3)10-8-22-20(21-2)23-17-7-9-25(15-17)14-16-11-18(26-4)13-19(12-16)27-5;/h11-13,17H,6-10,14-15H2,1-5H3,(H2,21,22,23);1H. The number of likely N-dealkylation sites (N-methyl/N-ethyl adjacent to an activating group) is 1. The Labute approximate surface area is 186 Å². The maximum absolute atomic E-state index is 5.37. The van der Waals surface area contributed by atoms with Gasteiger partial charge in [-0.2, -0.15) is 0 Å². The fourth-order valence-corrected chi connectivity index (χ4v) is 3.22. The zero-order chi connectivity index (χ0) is 19.6. The van der Waals surface area contributed by atoms with Gasteiger partial charge < -0.3 is 25.0 Å². The number of nitrogens with zero attached hydrogens (tertiary/aromatic N) is 3. The molecule has 28 heavy (non-hydrogen) atoms. The number of benzene rings is 1. The van der Waals surface area contributed by atoms with E-state index in [1.807, 2.05) is 13.1 Å². The van der Waals surface area contributed by atoms with Gasteiger partial charge in [-0.05, 0) is 37.7 Å². The van der Waals surface area contributed by atoms with E-state index in [2.05, 4.69) is 51.5 Å². The molecule has 2 rings (SSSR count). The quantitative estimate of drug-likeness (QED) is 0.304. The molecule has 1 aliphatic heterocycles. The number of ether oxygens (including phenoxy) is 2. The lowest BCUT2D eigenvalue weighted by molar-refractivity contribution is 0.321. The van der Waals surface area contributed by atoms with Crippen molar-refractivity contribution in [2.75, 3.05) is 61.0 Å². The van der Waals surface area contributed by atoms with Crippen LogP contribution in [0.1, 0.15) is 18.9 Å². The Bertz CT molecular complexity index is 592. The summed E-state index contributed by atoms with van der Waals surface area (Å²) < 4.78 is 10.7. The Morgan fingerprint density at radius 3 is 2.50 bits per heavy atom. The number of methoxy groups -OCH3 is 2. The number of hydrogen-bond acceptors (Lipinski definition) is 5. The van der Waals surface area contributed by atoms with Gasteiger partial charge in [0.2, 0.25) is 0 Å². The molecule has 0 amide bonds. The molecule has 0 spiro atoms. The van der Waals surface area contributed by atoms with E-state index in [0.717, 1.165) is 63.1 Å². The van der Waals surface area contributed by atoms with Crippen molar-refractivity contribution in [3.63, 3.8) is 0 Å². The zero-order valence-corrected chi connectivity index (χ0v) is 20.2. The fourth-order valence-electron chi connectivity index (χ4n) is 3.22. The normalized spacial score (nSPS) is 17.4. The number of guanidine groups is 1. The molecule has 0 aliphatic carbocycles. The Morgan fingerprint density at radius 1 is 1.25 bits per heavy atom. The minimum atomic E-state index is 0. The fraction of sp³-hybridized carbons (Fsp3) is 0.650. The van der Waals surface area contributed by atoms with Crippen molar-refractivity contribution in [1.82, 2.24) is 20.4 Å². The highest BCUT2D eigenvalue weighted by Crippen LogP contribution is 2.24. The molecule has 1 heterocycles. The third kappa shape index (κ3) is 8.00. The van der Waals surface area contributed by atoms with Crippen molar-refractivity contribution < 1.29 is 9.47 Å². The van der Waals surface area contributed by atoms with Crippen LogP contribution in [0.2, 0.25) is 0 Å². The molecule has 1 aromatic carbocycles. The van der Waals surface area contributed by atoms with E-state index in [-0.39, 0.29) is 24.0 Å². The van der Waals surface area contributed by atoms with E-state index >= 15 is 0 Å². The lowest BCUT2D eigenvalue weighted by atomic mass is 10.2. The summed E-state index contributed by atoms with van der Waals surface area (Å²) in [5, 5.41) is 6.95. The molecule has 0 radical (unpaired) electrons. The van der Waals surface area contributed by atoms with Crippen molar-refractivity contribution in [1.29, 1.82) is 0 Å². The predicted octanol–water partition coefficient (Wildman–Crippen LogP) is 2.01. The number of rotatable bonds is 9. The van der Waals surface area contributed by atoms with E-state index < -0.39 is 0 Å². The van der Waals surface area contributed by atoms with Gasteiger partial charge in [-0.15, -0.1) is 24.0 Å². The predicted molar refractivity (Wildman–Crippen MR) is 126 cm³/mol. The molecule has 160 valence electrons. The van der Waals surface area contributed by atoms with E-state index in [1.54, 1.807) is 14.2 Å². The summed E-state index contributed by atoms with van der Waals surface area (Å²) in [7, 11) is 7.32. The number of hydrogen-bond donors (Lipinski definition) is 2. The molecule has 0 aromatic heterocycles. The summed E-state index contributed by atoms with van der Waals surface area (Å²) in [6, 6.07) is 6.47. The summed E-state index contributed by atoms with van der Waals surface area (Å²) in [6.45, 7) is 8.06. The van der Waals surface area contributed by atoms with Crippen LogP contribution < -0.4 is 20.1 Å². The van der Waals surface area contributed by atoms with Gasteiger partial charge in [-0.3, -0.25) is 9.89 Å². The SMILES string of the molecule is CCN(C)CCNC(=NC)NC1CCN(Cc2cc(OC)cc(OC)c2)C1.I. The van der Waals surface area contributed by atoms with Gasteiger partial charge in [0, 0.05) is 51.9 Å². The number of nitrogens with one attached hydrogen (secondary N) is 2. The summed E-state index contributed by atoms with van der Waals surface area (Å²) in [4.78, 5) is 9.08. The molecule has 1 aromatic rings. The first-order valence-corrected chi connectivity index (χ1v) is 9.68. The average molecular weight is 505 g/mol. The van der Waals surface area contributed by atoms with Crippen LogP contribution in [0.3, 0.4) is 0 Å². The lowest BCUT2D eigenvalue weighted by Gasteiger charge is -2.20. The highest BCUT2D eigenvalue weighted by molar-refractivity contribution is 14.0. The Hall–Kier alpha value is -1.26. The Kier molecular flexibility index (Phi) is 11.6. The van der Waals surface area contributed by atoms with Crippen molar-refractivity contribution >= 4 is 29.9 Å². The monoisotopic (exact) mass is 505 g/mol. The van der Waals surface area contributed by atoms with Crippen molar-refractivity contribution in [3.05, 3.63) is 23.8 Å². The van der Waals surface area contributed by atoms with E-state index in [4.69, 9.17) is 9.47 Å². The highest BCUT2D eigenvalue weighted by atomic mass is 127. The summed E-state index contributed by atoms with van der Waals surface area (Å²) >= 11 is 0. The van der Waals surface area contributed by atoms with Gasteiger partial charge in [-0.1, -0.05) is 6.92 Å². The zero-order valence-electron chi connectivity index (χ0n) is 17.8. The van der Waals surface area contributed by atoms with Crippen molar-refractivity contribution in [3.8, 4) is 11.5 Å². The van der Waals surface area contributed by atoms with Crippen LogP contribution in [-0.2, 0) is 6.54 Å². The molecule has 1 fully saturated rings. The molecule has 0 saturated carbocycles. The second kappa shape index (κ2) is 13.1. The molecule has 1 unspecified atom stereocenters. The topological polar surface area (TPSA) is 61.4 Å². The molecular weight excluding hydrogens is 469 g/mol. The first-order chi connectivity index (χ1) is 13.1. The minimum absolute atomic E-state index is 0. The highest BCUT2D eigenvalue weighted by Gasteiger charge is 2.23. The molecule has 8 heteroatoms. The maximum Gasteiger partial charge on any atom is 0.191 e.